The molecule has 1 unspecified atom stereocenters. The van der Waals surface area contributed by atoms with Crippen molar-refractivity contribution in [2.24, 2.45) is 5.41 Å². The first-order valence-corrected chi connectivity index (χ1v) is 12.9. The quantitative estimate of drug-likeness (QED) is 0.326. The number of halogens is 3. The Morgan fingerprint density at radius 1 is 1.06 bits per heavy atom. The average Bonchev–Trinajstić information content (AvgIpc) is 3.18. The number of fused-ring (bicyclic) bond motifs is 1. The molecule has 0 radical (unpaired) electrons. The predicted molar refractivity (Wildman–Crippen MR) is 134 cm³/mol. The number of hydrogen-bond acceptors (Lipinski definition) is 5. The summed E-state index contributed by atoms with van der Waals surface area (Å²) < 4.78 is 71.5. The van der Waals surface area contributed by atoms with Crippen LogP contribution in [0.3, 0.4) is 0 Å². The summed E-state index contributed by atoms with van der Waals surface area (Å²) in [5, 5.41) is 3.03. The molecule has 2 aromatic heterocycles. The molecular formula is C26H27F3N4O2S. The van der Waals surface area contributed by atoms with Gasteiger partial charge in [-0.3, -0.25) is 0 Å². The number of hydrogen-bond donors (Lipinski definition) is 1. The zero-order valence-electron chi connectivity index (χ0n) is 20.6. The van der Waals surface area contributed by atoms with Crippen LogP contribution in [0, 0.1) is 29.8 Å². The fourth-order valence-electron chi connectivity index (χ4n) is 4.13. The van der Waals surface area contributed by atoms with Gasteiger partial charge in [-0.05, 0) is 37.0 Å². The Labute approximate surface area is 208 Å². The second-order valence-corrected chi connectivity index (χ2v) is 11.6. The van der Waals surface area contributed by atoms with Crippen molar-refractivity contribution in [3.05, 3.63) is 71.8 Å². The Kier molecular flexibility index (Phi) is 6.59. The van der Waals surface area contributed by atoms with Crippen LogP contribution < -0.4 is 5.32 Å². The number of aryl methyl sites for hydroxylation is 1. The van der Waals surface area contributed by atoms with E-state index in [2.05, 4.69) is 15.3 Å². The molecule has 4 aromatic rings. The van der Waals surface area contributed by atoms with E-state index in [1.807, 2.05) is 34.6 Å². The Bertz CT molecular complexity index is 1540. The molecule has 6 nitrogen and oxygen atoms in total. The zero-order valence-corrected chi connectivity index (χ0v) is 21.4. The number of nitrogens with zero attached hydrogens (tertiary/aromatic N) is 3. The van der Waals surface area contributed by atoms with E-state index in [1.54, 1.807) is 12.1 Å². The lowest BCUT2D eigenvalue weighted by molar-refractivity contribution is 0.332. The molecule has 2 aromatic carbocycles. The lowest BCUT2D eigenvalue weighted by Crippen LogP contribution is -2.34. The van der Waals surface area contributed by atoms with Crippen molar-refractivity contribution >= 4 is 26.7 Å². The molecule has 0 amide bonds. The van der Waals surface area contributed by atoms with Crippen LogP contribution in [0.1, 0.15) is 39.7 Å². The second kappa shape index (κ2) is 9.24. The lowest BCUT2D eigenvalue weighted by atomic mass is 9.85. The minimum Gasteiger partial charge on any atom is -0.364 e. The van der Waals surface area contributed by atoms with Gasteiger partial charge in [0.15, 0.2) is 23.3 Å². The maximum absolute atomic E-state index is 15.0. The summed E-state index contributed by atoms with van der Waals surface area (Å²) >= 11 is 0. The van der Waals surface area contributed by atoms with Gasteiger partial charge in [0, 0.05) is 29.3 Å². The molecule has 0 aliphatic carbocycles. The Balaban J connectivity index is 1.93. The highest BCUT2D eigenvalue weighted by atomic mass is 32.2. The fourth-order valence-corrected chi connectivity index (χ4v) is 5.51. The number of nitrogens with one attached hydrogen (secondary N) is 1. The summed E-state index contributed by atoms with van der Waals surface area (Å²) in [7, 11) is -4.26. The Morgan fingerprint density at radius 2 is 1.72 bits per heavy atom. The Hall–Kier alpha value is -3.40. The van der Waals surface area contributed by atoms with Crippen molar-refractivity contribution in [1.82, 2.24) is 13.9 Å². The Morgan fingerprint density at radius 3 is 2.33 bits per heavy atom. The largest absolute Gasteiger partial charge is 0.364 e. The molecule has 36 heavy (non-hydrogen) atoms. The molecule has 0 saturated carbocycles. The summed E-state index contributed by atoms with van der Waals surface area (Å²) in [6, 6.07) is 7.55. The van der Waals surface area contributed by atoms with Crippen LogP contribution in [0.5, 0.6) is 0 Å². The van der Waals surface area contributed by atoms with E-state index < -0.39 is 27.5 Å². The van der Waals surface area contributed by atoms with Crippen molar-refractivity contribution in [3.8, 4) is 11.4 Å². The van der Waals surface area contributed by atoms with Gasteiger partial charge in [-0.2, -0.15) is 0 Å². The molecule has 0 fully saturated rings. The molecule has 0 spiro atoms. The first kappa shape index (κ1) is 25.7. The van der Waals surface area contributed by atoms with Crippen molar-refractivity contribution in [3.63, 3.8) is 0 Å². The van der Waals surface area contributed by atoms with Gasteiger partial charge < -0.3 is 5.32 Å². The molecule has 0 saturated heterocycles. The molecule has 0 aliphatic rings. The summed E-state index contributed by atoms with van der Waals surface area (Å²) in [6.07, 6.45) is 2.78. The van der Waals surface area contributed by atoms with Gasteiger partial charge in [-0.15, -0.1) is 0 Å². The number of anilines is 1. The molecule has 1 N–H and O–H groups in total. The van der Waals surface area contributed by atoms with Gasteiger partial charge >= 0.3 is 0 Å². The van der Waals surface area contributed by atoms with Crippen LogP contribution in [0.2, 0.25) is 0 Å². The monoisotopic (exact) mass is 516 g/mol. The maximum atomic E-state index is 15.0. The molecular weight excluding hydrogens is 489 g/mol. The smallest absolute Gasteiger partial charge is 0.268 e. The summed E-state index contributed by atoms with van der Waals surface area (Å²) in [6.45, 7) is 9.77. The van der Waals surface area contributed by atoms with Crippen molar-refractivity contribution < 1.29 is 21.6 Å². The highest BCUT2D eigenvalue weighted by Crippen LogP contribution is 2.35. The van der Waals surface area contributed by atoms with E-state index in [-0.39, 0.29) is 44.5 Å². The minimum atomic E-state index is -4.26. The van der Waals surface area contributed by atoms with Crippen molar-refractivity contribution in [2.75, 3.05) is 5.32 Å². The van der Waals surface area contributed by atoms with Gasteiger partial charge in [0.25, 0.3) is 10.0 Å². The first-order chi connectivity index (χ1) is 16.8. The summed E-state index contributed by atoms with van der Waals surface area (Å²) in [5.74, 6) is -2.82. The fraction of sp³-hybridized carbons (Fsp3) is 0.308. The maximum Gasteiger partial charge on any atom is 0.268 e. The topological polar surface area (TPSA) is 76.9 Å². The average molecular weight is 517 g/mol. The van der Waals surface area contributed by atoms with Gasteiger partial charge in [-0.1, -0.05) is 45.4 Å². The van der Waals surface area contributed by atoms with Crippen LogP contribution in [-0.4, -0.2) is 28.4 Å². The van der Waals surface area contributed by atoms with Crippen molar-refractivity contribution in [2.45, 2.75) is 52.0 Å². The molecule has 10 heteroatoms. The number of aromatic nitrogens is 3. The van der Waals surface area contributed by atoms with Crippen LogP contribution in [-0.2, 0) is 10.0 Å². The van der Waals surface area contributed by atoms with Crippen LogP contribution in [0.4, 0.5) is 19.0 Å². The second-order valence-electron chi connectivity index (χ2n) is 9.80. The normalized spacial score (nSPS) is 13.2. The van der Waals surface area contributed by atoms with Crippen LogP contribution in [0.25, 0.3) is 22.3 Å². The first-order valence-electron chi connectivity index (χ1n) is 11.4. The minimum absolute atomic E-state index is 0.0472. The third kappa shape index (κ3) is 4.69. The lowest BCUT2D eigenvalue weighted by Gasteiger charge is -2.31. The van der Waals surface area contributed by atoms with Gasteiger partial charge in [0.1, 0.15) is 11.3 Å². The molecule has 1 atom stereocenters. The predicted octanol–water partition coefficient (Wildman–Crippen LogP) is 6.30. The van der Waals surface area contributed by atoms with Crippen LogP contribution in [0.15, 0.2) is 53.7 Å². The van der Waals surface area contributed by atoms with Gasteiger partial charge in [-0.25, -0.2) is 35.5 Å². The van der Waals surface area contributed by atoms with E-state index in [0.29, 0.717) is 12.5 Å². The zero-order chi connectivity index (χ0) is 26.4. The number of benzene rings is 2. The summed E-state index contributed by atoms with van der Waals surface area (Å²) in [5.41, 5.74) is 0.332. The highest BCUT2D eigenvalue weighted by molar-refractivity contribution is 7.90. The van der Waals surface area contributed by atoms with E-state index in [9.17, 15) is 17.2 Å². The van der Waals surface area contributed by atoms with E-state index >= 15 is 4.39 Å². The van der Waals surface area contributed by atoms with Gasteiger partial charge in [0.05, 0.1) is 11.1 Å². The third-order valence-corrected chi connectivity index (χ3v) is 7.79. The molecule has 0 bridgehead atoms. The number of rotatable bonds is 6. The van der Waals surface area contributed by atoms with E-state index in [4.69, 9.17) is 0 Å². The highest BCUT2D eigenvalue weighted by Gasteiger charge is 2.27. The molecule has 190 valence electrons. The standard InChI is InChI=1S/C26H27F3N4O2S/c1-6-22(26(3,4)5)31-25-21(29)13-30-24(32-25)19-14-33(23-18(19)11-16(27)12-20(23)28)36(34,35)17-9-7-15(2)8-10-17/h7-14,22H,6H2,1-5H3,(H,30,31,32). The van der Waals surface area contributed by atoms with E-state index in [1.165, 1.54) is 12.1 Å². The van der Waals surface area contributed by atoms with Crippen molar-refractivity contribution in [1.29, 1.82) is 0 Å². The van der Waals surface area contributed by atoms with Crippen LogP contribution >= 0.6 is 0 Å². The van der Waals surface area contributed by atoms with E-state index in [0.717, 1.165) is 28.0 Å². The molecule has 4 rings (SSSR count). The molecule has 0 aliphatic heterocycles. The van der Waals surface area contributed by atoms with Gasteiger partial charge in [0.2, 0.25) is 0 Å². The summed E-state index contributed by atoms with van der Waals surface area (Å²) in [4.78, 5) is 8.23. The SMILES string of the molecule is CCC(Nc1nc(-c2cn(S(=O)(=O)c3ccc(C)cc3)c3c(F)cc(F)cc23)ncc1F)C(C)(C)C. The third-order valence-electron chi connectivity index (χ3n) is 6.11. The molecule has 2 heterocycles.